The highest BCUT2D eigenvalue weighted by Gasteiger charge is 2.30. The molecule has 3 rings (SSSR count). The number of rotatable bonds is 5. The Morgan fingerprint density at radius 3 is 2.39 bits per heavy atom. The molecular formula is C20H24N3O4S+. The number of carbonyl (C=O) groups excluding carboxylic acids is 3. The number of hydrogen-bond acceptors (Lipinski definition) is 5. The molecule has 0 radical (unpaired) electrons. The Balaban J connectivity index is 1.85. The van der Waals surface area contributed by atoms with Crippen LogP contribution in [0.3, 0.4) is 0 Å². The van der Waals surface area contributed by atoms with Gasteiger partial charge in [0.15, 0.2) is 0 Å². The lowest BCUT2D eigenvalue weighted by molar-refractivity contribution is -0.936. The number of carbonyl (C=O) groups is 3. The predicted octanol–water partition coefficient (Wildman–Crippen LogP) is 1.24. The summed E-state index contributed by atoms with van der Waals surface area (Å²) >= 11 is 1.42. The first-order valence-corrected chi connectivity index (χ1v) is 9.92. The Morgan fingerprint density at radius 2 is 1.82 bits per heavy atom. The van der Waals surface area contributed by atoms with E-state index in [9.17, 15) is 14.4 Å². The SMILES string of the molecule is COC(=O)c1ccc(C(=O)Nc2sc3c(c2C(N)=O)CC[NH+](C(C)C)C3)cc1. The molecule has 4 N–H and O–H groups in total. The number of thiophene rings is 1. The van der Waals surface area contributed by atoms with Crippen LogP contribution in [0.15, 0.2) is 24.3 Å². The Bertz CT molecular complexity index is 918. The van der Waals surface area contributed by atoms with Crippen LogP contribution in [-0.4, -0.2) is 37.5 Å². The molecule has 148 valence electrons. The molecule has 1 unspecified atom stereocenters. The van der Waals surface area contributed by atoms with Crippen LogP contribution in [0.4, 0.5) is 5.00 Å². The molecule has 0 saturated heterocycles. The lowest BCUT2D eigenvalue weighted by Gasteiger charge is -2.27. The minimum absolute atomic E-state index is 0.356. The summed E-state index contributed by atoms with van der Waals surface area (Å²) < 4.78 is 4.66. The van der Waals surface area contributed by atoms with Gasteiger partial charge in [-0.1, -0.05) is 0 Å². The highest BCUT2D eigenvalue weighted by Crippen LogP contribution is 2.34. The second kappa shape index (κ2) is 8.12. The number of quaternary nitrogens is 1. The van der Waals surface area contributed by atoms with E-state index in [4.69, 9.17) is 5.73 Å². The van der Waals surface area contributed by atoms with Crippen LogP contribution in [-0.2, 0) is 17.7 Å². The summed E-state index contributed by atoms with van der Waals surface area (Å²) in [5, 5.41) is 3.32. The number of benzene rings is 1. The lowest BCUT2D eigenvalue weighted by Crippen LogP contribution is -3.14. The molecule has 0 bridgehead atoms. The van der Waals surface area contributed by atoms with Crippen LogP contribution in [0, 0.1) is 0 Å². The maximum absolute atomic E-state index is 12.6. The summed E-state index contributed by atoms with van der Waals surface area (Å²) in [4.78, 5) is 38.8. The number of ether oxygens (including phenoxy) is 1. The molecule has 0 spiro atoms. The van der Waals surface area contributed by atoms with Crippen molar-refractivity contribution in [3.05, 3.63) is 51.4 Å². The van der Waals surface area contributed by atoms with E-state index in [1.165, 1.54) is 35.5 Å². The van der Waals surface area contributed by atoms with Gasteiger partial charge in [-0.15, -0.1) is 11.3 Å². The number of hydrogen-bond donors (Lipinski definition) is 3. The summed E-state index contributed by atoms with van der Waals surface area (Å²) in [6.07, 6.45) is 0.765. The number of methoxy groups -OCH3 is 1. The smallest absolute Gasteiger partial charge is 0.337 e. The van der Waals surface area contributed by atoms with Gasteiger partial charge < -0.3 is 20.7 Å². The monoisotopic (exact) mass is 402 g/mol. The summed E-state index contributed by atoms with van der Waals surface area (Å²) in [7, 11) is 1.30. The zero-order valence-corrected chi connectivity index (χ0v) is 16.9. The Morgan fingerprint density at radius 1 is 1.18 bits per heavy atom. The maximum atomic E-state index is 12.6. The first-order chi connectivity index (χ1) is 13.3. The molecule has 1 aromatic carbocycles. The maximum Gasteiger partial charge on any atom is 0.337 e. The molecule has 28 heavy (non-hydrogen) atoms. The molecule has 1 atom stereocenters. The summed E-state index contributed by atoms with van der Waals surface area (Å²) in [5.41, 5.74) is 7.73. The number of fused-ring (bicyclic) bond motifs is 1. The Hall–Kier alpha value is -2.71. The lowest BCUT2D eigenvalue weighted by atomic mass is 10.0. The van der Waals surface area contributed by atoms with Crippen molar-refractivity contribution in [2.24, 2.45) is 5.73 Å². The topological polar surface area (TPSA) is 103 Å². The summed E-state index contributed by atoms with van der Waals surface area (Å²) in [6.45, 7) is 6.10. The minimum atomic E-state index is -0.526. The molecule has 1 aromatic heterocycles. The second-order valence-electron chi connectivity index (χ2n) is 7.08. The third-order valence-corrected chi connectivity index (χ3v) is 6.18. The molecule has 2 heterocycles. The van der Waals surface area contributed by atoms with E-state index in [1.54, 1.807) is 12.1 Å². The molecule has 2 aromatic rings. The third-order valence-electron chi connectivity index (χ3n) is 5.03. The van der Waals surface area contributed by atoms with Gasteiger partial charge in [0.25, 0.3) is 11.8 Å². The highest BCUT2D eigenvalue weighted by molar-refractivity contribution is 7.17. The van der Waals surface area contributed by atoms with Crippen molar-refractivity contribution in [2.75, 3.05) is 19.0 Å². The Kier molecular flexibility index (Phi) is 5.81. The van der Waals surface area contributed by atoms with Gasteiger partial charge in [0.2, 0.25) is 0 Å². The molecule has 1 aliphatic heterocycles. The largest absolute Gasteiger partial charge is 0.465 e. The quantitative estimate of drug-likeness (QED) is 0.655. The van der Waals surface area contributed by atoms with Gasteiger partial charge in [0, 0.05) is 12.0 Å². The van der Waals surface area contributed by atoms with Crippen LogP contribution in [0.2, 0.25) is 0 Å². The molecule has 1 aliphatic rings. The fraction of sp³-hybridized carbons (Fsp3) is 0.350. The van der Waals surface area contributed by atoms with Gasteiger partial charge in [-0.3, -0.25) is 9.59 Å². The number of nitrogens with one attached hydrogen (secondary N) is 2. The van der Waals surface area contributed by atoms with E-state index in [0.29, 0.717) is 27.7 Å². The Labute approximate surface area is 167 Å². The number of nitrogens with two attached hydrogens (primary N) is 1. The zero-order valence-electron chi connectivity index (χ0n) is 16.1. The molecule has 0 saturated carbocycles. The molecule has 0 aliphatic carbocycles. The van der Waals surface area contributed by atoms with Crippen molar-refractivity contribution < 1.29 is 24.0 Å². The first kappa shape index (κ1) is 20.0. The van der Waals surface area contributed by atoms with E-state index < -0.39 is 11.9 Å². The first-order valence-electron chi connectivity index (χ1n) is 9.10. The van der Waals surface area contributed by atoms with Crippen LogP contribution in [0.5, 0.6) is 0 Å². The van der Waals surface area contributed by atoms with Crippen molar-refractivity contribution in [1.29, 1.82) is 0 Å². The minimum Gasteiger partial charge on any atom is -0.465 e. The van der Waals surface area contributed by atoms with E-state index in [2.05, 4.69) is 23.9 Å². The number of amides is 2. The molecule has 2 amide bonds. The fourth-order valence-corrected chi connectivity index (χ4v) is 4.69. The average molecular weight is 402 g/mol. The van der Waals surface area contributed by atoms with Gasteiger partial charge in [-0.2, -0.15) is 0 Å². The van der Waals surface area contributed by atoms with Crippen molar-refractivity contribution in [2.45, 2.75) is 32.9 Å². The second-order valence-corrected chi connectivity index (χ2v) is 8.19. The molecule has 0 fully saturated rings. The number of primary amides is 1. The highest BCUT2D eigenvalue weighted by atomic mass is 32.1. The molecule has 7 nitrogen and oxygen atoms in total. The fourth-order valence-electron chi connectivity index (χ4n) is 3.39. The molecule has 8 heteroatoms. The molecular weight excluding hydrogens is 378 g/mol. The van der Waals surface area contributed by atoms with Crippen LogP contribution in [0.1, 0.15) is 55.4 Å². The van der Waals surface area contributed by atoms with Crippen molar-refractivity contribution in [1.82, 2.24) is 0 Å². The van der Waals surface area contributed by atoms with Crippen LogP contribution >= 0.6 is 11.3 Å². The number of esters is 1. The predicted molar refractivity (Wildman–Crippen MR) is 107 cm³/mol. The van der Waals surface area contributed by atoms with Gasteiger partial charge in [-0.25, -0.2) is 4.79 Å². The average Bonchev–Trinajstić information content (AvgIpc) is 3.04. The third kappa shape index (κ3) is 3.93. The van der Waals surface area contributed by atoms with Gasteiger partial charge >= 0.3 is 5.97 Å². The van der Waals surface area contributed by atoms with Crippen molar-refractivity contribution in [3.8, 4) is 0 Å². The van der Waals surface area contributed by atoms with Crippen molar-refractivity contribution >= 4 is 34.1 Å². The van der Waals surface area contributed by atoms with E-state index in [0.717, 1.165) is 30.0 Å². The van der Waals surface area contributed by atoms with Crippen LogP contribution in [0.25, 0.3) is 0 Å². The standard InChI is InChI=1S/C20H23N3O4S/c1-11(2)23-9-8-14-15(10-23)28-19(16(14)17(21)24)22-18(25)12-4-6-13(7-5-12)20(26)27-3/h4-7,11H,8-10H2,1-3H3,(H2,21,24)(H,22,25)/p+1. The van der Waals surface area contributed by atoms with Crippen LogP contribution < -0.4 is 16.0 Å². The van der Waals surface area contributed by atoms with Crippen molar-refractivity contribution in [3.63, 3.8) is 0 Å². The van der Waals surface area contributed by atoms with Gasteiger partial charge in [0.1, 0.15) is 11.5 Å². The number of anilines is 1. The van der Waals surface area contributed by atoms with E-state index in [-0.39, 0.29) is 5.91 Å². The zero-order chi connectivity index (χ0) is 20.4. The normalized spacial score (nSPS) is 15.8. The van der Waals surface area contributed by atoms with E-state index >= 15 is 0 Å². The van der Waals surface area contributed by atoms with E-state index in [1.807, 2.05) is 0 Å². The van der Waals surface area contributed by atoms with Gasteiger partial charge in [0.05, 0.1) is 35.7 Å². The summed E-state index contributed by atoms with van der Waals surface area (Å²) in [6, 6.07) is 6.63. The summed E-state index contributed by atoms with van der Waals surface area (Å²) in [5.74, 6) is -1.35. The van der Waals surface area contributed by atoms with Gasteiger partial charge in [-0.05, 0) is 43.7 Å².